The molecule has 4 nitrogen and oxygen atoms in total. The summed E-state index contributed by atoms with van der Waals surface area (Å²) in [5, 5.41) is 9.21. The van der Waals surface area contributed by atoms with Gasteiger partial charge in [0.05, 0.1) is 5.92 Å². The first-order valence-corrected chi connectivity index (χ1v) is 10.6. The zero-order valence-electron chi connectivity index (χ0n) is 17.1. The first kappa shape index (κ1) is 23.2. The third-order valence-electron chi connectivity index (χ3n) is 5.60. The molecular formula is C24H33ClN2O2. The molecule has 1 atom stereocenters. The standard InChI is InChI=1S/C24H32N2O2.ClH/c27-24(28)21-12-11-18-25(20-21)17-9-1-2-10-19-26(22-13-5-3-6-14-22)23-15-7-4-8-16-23;/h3-8,13-16,21H,1-2,9-12,17-20H2,(H,27,28);1H. The molecule has 1 aliphatic heterocycles. The van der Waals surface area contributed by atoms with E-state index in [-0.39, 0.29) is 18.3 Å². The smallest absolute Gasteiger partial charge is 0.307 e. The van der Waals surface area contributed by atoms with Crippen LogP contribution in [0.1, 0.15) is 38.5 Å². The third-order valence-corrected chi connectivity index (χ3v) is 5.60. The number of aliphatic carboxylic acids is 1. The first-order chi connectivity index (χ1) is 13.7. The van der Waals surface area contributed by atoms with Crippen LogP contribution in [0.3, 0.4) is 0 Å². The van der Waals surface area contributed by atoms with Crippen molar-refractivity contribution in [2.45, 2.75) is 38.5 Å². The van der Waals surface area contributed by atoms with E-state index in [2.05, 4.69) is 70.5 Å². The van der Waals surface area contributed by atoms with Crippen molar-refractivity contribution in [1.29, 1.82) is 0 Å². The predicted octanol–water partition coefficient (Wildman–Crippen LogP) is 5.60. The number of hydrogen-bond donors (Lipinski definition) is 1. The molecule has 0 radical (unpaired) electrons. The van der Waals surface area contributed by atoms with E-state index in [1.165, 1.54) is 24.2 Å². The number of hydrogen-bond acceptors (Lipinski definition) is 3. The lowest BCUT2D eigenvalue weighted by Gasteiger charge is -2.30. The molecule has 0 saturated carbocycles. The van der Waals surface area contributed by atoms with E-state index in [1.807, 2.05) is 0 Å². The van der Waals surface area contributed by atoms with Crippen LogP contribution >= 0.6 is 12.4 Å². The molecule has 1 unspecified atom stereocenters. The summed E-state index contributed by atoms with van der Waals surface area (Å²) in [6, 6.07) is 21.2. The molecule has 3 rings (SSSR count). The highest BCUT2D eigenvalue weighted by atomic mass is 35.5. The summed E-state index contributed by atoms with van der Waals surface area (Å²) in [5.41, 5.74) is 2.48. The summed E-state index contributed by atoms with van der Waals surface area (Å²) in [7, 11) is 0. The van der Waals surface area contributed by atoms with Crippen molar-refractivity contribution in [2.24, 2.45) is 5.92 Å². The molecule has 2 aromatic carbocycles. The summed E-state index contributed by atoms with van der Waals surface area (Å²) >= 11 is 0. The maximum atomic E-state index is 11.2. The van der Waals surface area contributed by atoms with Crippen LogP contribution in [0.4, 0.5) is 11.4 Å². The second kappa shape index (κ2) is 12.5. The van der Waals surface area contributed by atoms with Gasteiger partial charge in [0.25, 0.3) is 0 Å². The van der Waals surface area contributed by atoms with Gasteiger partial charge in [-0.15, -0.1) is 12.4 Å². The van der Waals surface area contributed by atoms with Gasteiger partial charge in [0, 0.05) is 24.5 Å². The molecule has 5 heteroatoms. The molecule has 1 N–H and O–H groups in total. The van der Waals surface area contributed by atoms with Crippen LogP contribution in [-0.4, -0.2) is 42.2 Å². The summed E-state index contributed by atoms with van der Waals surface area (Å²) in [6.45, 7) is 3.83. The topological polar surface area (TPSA) is 43.8 Å². The monoisotopic (exact) mass is 416 g/mol. The van der Waals surface area contributed by atoms with Crippen LogP contribution in [0, 0.1) is 5.92 Å². The Bertz CT molecular complexity index is 672. The Balaban J connectivity index is 0.00000300. The zero-order chi connectivity index (χ0) is 19.6. The Morgan fingerprint density at radius 3 is 2.10 bits per heavy atom. The van der Waals surface area contributed by atoms with Crippen LogP contribution in [0.15, 0.2) is 60.7 Å². The predicted molar refractivity (Wildman–Crippen MR) is 122 cm³/mol. The quantitative estimate of drug-likeness (QED) is 0.511. The highest BCUT2D eigenvalue weighted by Gasteiger charge is 2.24. The number of benzene rings is 2. The highest BCUT2D eigenvalue weighted by molar-refractivity contribution is 5.85. The minimum Gasteiger partial charge on any atom is -0.481 e. The van der Waals surface area contributed by atoms with Crippen molar-refractivity contribution < 1.29 is 9.90 Å². The number of carboxylic acids is 1. The molecule has 0 amide bonds. The summed E-state index contributed by atoms with van der Waals surface area (Å²) < 4.78 is 0. The molecule has 1 heterocycles. The lowest BCUT2D eigenvalue weighted by atomic mass is 9.98. The van der Waals surface area contributed by atoms with Gasteiger partial charge in [0.1, 0.15) is 0 Å². The van der Waals surface area contributed by atoms with Gasteiger partial charge in [-0.1, -0.05) is 49.2 Å². The minimum absolute atomic E-state index is 0. The number of para-hydroxylation sites is 2. The Morgan fingerprint density at radius 1 is 0.931 bits per heavy atom. The fourth-order valence-corrected chi connectivity index (χ4v) is 4.04. The SMILES string of the molecule is Cl.O=C(O)C1CCCN(CCCCCCN(c2ccccc2)c2ccccc2)C1. The van der Waals surface area contributed by atoms with Crippen LogP contribution in [0.25, 0.3) is 0 Å². The summed E-state index contributed by atoms with van der Waals surface area (Å²) in [6.07, 6.45) is 6.56. The lowest BCUT2D eigenvalue weighted by Crippen LogP contribution is -2.39. The zero-order valence-corrected chi connectivity index (χ0v) is 17.9. The van der Waals surface area contributed by atoms with E-state index < -0.39 is 5.97 Å². The molecule has 1 aliphatic rings. The molecule has 1 fully saturated rings. The molecular weight excluding hydrogens is 384 g/mol. The van der Waals surface area contributed by atoms with Gasteiger partial charge in [-0.2, -0.15) is 0 Å². The Hall–Kier alpha value is -2.04. The molecule has 0 bridgehead atoms. The number of nitrogens with zero attached hydrogens (tertiary/aromatic N) is 2. The van der Waals surface area contributed by atoms with Crippen LogP contribution in [0.5, 0.6) is 0 Å². The second-order valence-corrected chi connectivity index (χ2v) is 7.71. The Morgan fingerprint density at radius 2 is 1.52 bits per heavy atom. The number of halogens is 1. The average Bonchev–Trinajstić information content (AvgIpc) is 2.74. The van der Waals surface area contributed by atoms with Crippen LogP contribution < -0.4 is 4.90 Å². The van der Waals surface area contributed by atoms with E-state index in [0.29, 0.717) is 0 Å². The normalized spacial score (nSPS) is 16.8. The first-order valence-electron chi connectivity index (χ1n) is 10.6. The Kier molecular flexibility index (Phi) is 10.0. The molecule has 158 valence electrons. The highest BCUT2D eigenvalue weighted by Crippen LogP contribution is 2.25. The minimum atomic E-state index is -0.633. The number of unbranched alkanes of at least 4 members (excludes halogenated alkanes) is 3. The van der Waals surface area contributed by atoms with E-state index in [1.54, 1.807) is 0 Å². The van der Waals surface area contributed by atoms with Crippen LogP contribution in [0.2, 0.25) is 0 Å². The molecule has 29 heavy (non-hydrogen) atoms. The van der Waals surface area contributed by atoms with Crippen molar-refractivity contribution in [2.75, 3.05) is 31.1 Å². The lowest BCUT2D eigenvalue weighted by molar-refractivity contribution is -0.143. The molecule has 0 spiro atoms. The number of rotatable bonds is 10. The van der Waals surface area contributed by atoms with E-state index in [4.69, 9.17) is 0 Å². The van der Waals surface area contributed by atoms with Crippen molar-refractivity contribution >= 4 is 29.8 Å². The maximum Gasteiger partial charge on any atom is 0.307 e. The second-order valence-electron chi connectivity index (χ2n) is 7.71. The van der Waals surface area contributed by atoms with E-state index >= 15 is 0 Å². The fourth-order valence-electron chi connectivity index (χ4n) is 4.04. The van der Waals surface area contributed by atoms with Crippen molar-refractivity contribution in [3.05, 3.63) is 60.7 Å². The van der Waals surface area contributed by atoms with Gasteiger partial charge in [-0.25, -0.2) is 0 Å². The number of carbonyl (C=O) groups is 1. The van der Waals surface area contributed by atoms with Gasteiger partial charge in [0.2, 0.25) is 0 Å². The fraction of sp³-hybridized carbons (Fsp3) is 0.458. The van der Waals surface area contributed by atoms with E-state index in [0.717, 1.165) is 51.9 Å². The van der Waals surface area contributed by atoms with Crippen LogP contribution in [-0.2, 0) is 4.79 Å². The number of anilines is 2. The van der Waals surface area contributed by atoms with Gasteiger partial charge in [-0.05, 0) is 63.0 Å². The number of carboxylic acid groups (broad SMARTS) is 1. The molecule has 2 aromatic rings. The third kappa shape index (κ3) is 7.37. The number of likely N-dealkylation sites (tertiary alicyclic amines) is 1. The number of piperidine rings is 1. The largest absolute Gasteiger partial charge is 0.481 e. The van der Waals surface area contributed by atoms with Crippen molar-refractivity contribution in [3.63, 3.8) is 0 Å². The van der Waals surface area contributed by atoms with E-state index in [9.17, 15) is 9.90 Å². The van der Waals surface area contributed by atoms with Crippen molar-refractivity contribution in [1.82, 2.24) is 4.90 Å². The maximum absolute atomic E-state index is 11.2. The van der Waals surface area contributed by atoms with Gasteiger partial charge in [-0.3, -0.25) is 4.79 Å². The average molecular weight is 417 g/mol. The van der Waals surface area contributed by atoms with Gasteiger partial charge >= 0.3 is 5.97 Å². The van der Waals surface area contributed by atoms with Crippen molar-refractivity contribution in [3.8, 4) is 0 Å². The molecule has 1 saturated heterocycles. The van der Waals surface area contributed by atoms with Gasteiger partial charge < -0.3 is 14.9 Å². The molecule has 0 aromatic heterocycles. The summed E-state index contributed by atoms with van der Waals surface area (Å²) in [4.78, 5) is 15.9. The van der Waals surface area contributed by atoms with Gasteiger partial charge in [0.15, 0.2) is 0 Å². The molecule has 0 aliphatic carbocycles. The summed E-state index contributed by atoms with van der Waals surface area (Å²) in [5.74, 6) is -0.800. The Labute approximate surface area is 180 Å².